The number of nitrogens with zero attached hydrogens (tertiary/aromatic N) is 1. The minimum atomic E-state index is 0.836. The molecule has 0 atom stereocenters. The molecule has 13 heavy (non-hydrogen) atoms. The third-order valence-electron chi connectivity index (χ3n) is 1.49. The van der Waals surface area contributed by atoms with Gasteiger partial charge in [-0.25, -0.2) is 0 Å². The molecule has 1 aromatic carbocycles. The number of thiocarbonyl (C=S) groups is 1. The molecule has 1 aromatic rings. The van der Waals surface area contributed by atoms with Crippen LogP contribution < -0.4 is 0 Å². The van der Waals surface area contributed by atoms with Crippen LogP contribution in [0.15, 0.2) is 35.3 Å². The van der Waals surface area contributed by atoms with Gasteiger partial charge in [0.25, 0.3) is 0 Å². The van der Waals surface area contributed by atoms with Crippen LogP contribution in [-0.4, -0.2) is 10.5 Å². The summed E-state index contributed by atoms with van der Waals surface area (Å²) >= 11 is 7.87. The molecule has 66 valence electrons. The summed E-state index contributed by atoms with van der Waals surface area (Å²) in [6.45, 7) is 0. The zero-order valence-electron chi connectivity index (χ0n) is 6.90. The van der Waals surface area contributed by atoms with Crippen LogP contribution in [0.2, 0.25) is 0 Å². The minimum Gasteiger partial charge on any atom is -0.194 e. The monoisotopic (exact) mass is 253 g/mol. The van der Waals surface area contributed by atoms with E-state index in [-0.39, 0.29) is 0 Å². The van der Waals surface area contributed by atoms with Gasteiger partial charge in [0.15, 0.2) is 0 Å². The normalized spacial score (nSPS) is 9.92. The Balaban J connectivity index is 3.04. The van der Waals surface area contributed by atoms with Crippen molar-refractivity contribution in [3.8, 4) is 0 Å². The molecule has 0 saturated carbocycles. The Bertz CT molecular complexity index is 354. The SMILES string of the molecule is S=C=Nc1ccccc1C=CCBr. The quantitative estimate of drug-likeness (QED) is 0.453. The summed E-state index contributed by atoms with van der Waals surface area (Å²) in [5, 5.41) is 3.20. The maximum Gasteiger partial charge on any atom is 0.0811 e. The Morgan fingerprint density at radius 2 is 2.23 bits per heavy atom. The Morgan fingerprint density at radius 1 is 1.46 bits per heavy atom. The second kappa shape index (κ2) is 5.81. The van der Waals surface area contributed by atoms with E-state index in [4.69, 9.17) is 0 Å². The van der Waals surface area contributed by atoms with E-state index < -0.39 is 0 Å². The molecule has 0 fully saturated rings. The number of alkyl halides is 1. The van der Waals surface area contributed by atoms with Crippen molar-refractivity contribution < 1.29 is 0 Å². The van der Waals surface area contributed by atoms with E-state index in [1.54, 1.807) is 0 Å². The lowest BCUT2D eigenvalue weighted by atomic mass is 10.2. The topological polar surface area (TPSA) is 12.4 Å². The Morgan fingerprint density at radius 3 is 2.92 bits per heavy atom. The van der Waals surface area contributed by atoms with Crippen LogP contribution in [0.5, 0.6) is 0 Å². The summed E-state index contributed by atoms with van der Waals surface area (Å²) in [7, 11) is 0. The van der Waals surface area contributed by atoms with Crippen molar-refractivity contribution >= 4 is 45.1 Å². The summed E-state index contributed by atoms with van der Waals surface area (Å²) in [5.41, 5.74) is 1.91. The molecule has 1 nitrogen and oxygen atoms in total. The second-order valence-electron chi connectivity index (χ2n) is 2.32. The highest BCUT2D eigenvalue weighted by Crippen LogP contribution is 2.19. The van der Waals surface area contributed by atoms with Crippen molar-refractivity contribution in [2.24, 2.45) is 4.99 Å². The molecule has 0 saturated heterocycles. The predicted octanol–water partition coefficient (Wildman–Crippen LogP) is 3.83. The van der Waals surface area contributed by atoms with E-state index in [9.17, 15) is 0 Å². The lowest BCUT2D eigenvalue weighted by Crippen LogP contribution is -1.73. The maximum atomic E-state index is 4.56. The molecule has 0 unspecified atom stereocenters. The van der Waals surface area contributed by atoms with Gasteiger partial charge in [0.05, 0.1) is 10.8 Å². The van der Waals surface area contributed by atoms with Crippen molar-refractivity contribution in [2.45, 2.75) is 0 Å². The molecule has 0 spiro atoms. The fraction of sp³-hybridized carbons (Fsp3) is 0.100. The first-order valence-corrected chi connectivity index (χ1v) is 5.31. The third-order valence-corrected chi connectivity index (χ3v) is 1.95. The van der Waals surface area contributed by atoms with Crippen molar-refractivity contribution in [3.05, 3.63) is 35.9 Å². The van der Waals surface area contributed by atoms with Gasteiger partial charge < -0.3 is 0 Å². The van der Waals surface area contributed by atoms with Gasteiger partial charge in [-0.2, -0.15) is 4.99 Å². The lowest BCUT2D eigenvalue weighted by Gasteiger charge is -1.96. The molecule has 0 aliphatic carbocycles. The first-order chi connectivity index (χ1) is 6.38. The smallest absolute Gasteiger partial charge is 0.0811 e. The lowest BCUT2D eigenvalue weighted by molar-refractivity contribution is 1.52. The predicted molar refractivity (Wildman–Crippen MR) is 64.0 cm³/mol. The number of halogens is 1. The fourth-order valence-corrected chi connectivity index (χ4v) is 1.24. The van der Waals surface area contributed by atoms with Gasteiger partial charge in [-0.3, -0.25) is 0 Å². The average molecular weight is 254 g/mol. The summed E-state index contributed by atoms with van der Waals surface area (Å²) in [6.07, 6.45) is 4.01. The highest BCUT2D eigenvalue weighted by Gasteiger charge is 1.93. The number of benzene rings is 1. The van der Waals surface area contributed by atoms with Crippen LogP contribution >= 0.6 is 28.1 Å². The molecule has 0 aliphatic rings. The number of para-hydroxylation sites is 1. The van der Waals surface area contributed by atoms with Crippen molar-refractivity contribution in [1.82, 2.24) is 0 Å². The molecule has 3 heteroatoms. The summed E-state index contributed by atoms with van der Waals surface area (Å²) in [5.74, 6) is 0. The molecule has 0 heterocycles. The average Bonchev–Trinajstić information content (AvgIpc) is 2.17. The minimum absolute atomic E-state index is 0.836. The number of hydrogen-bond acceptors (Lipinski definition) is 2. The standard InChI is InChI=1S/C10H8BrNS/c11-7-3-5-9-4-1-2-6-10(9)12-8-13/h1-6H,7H2. The van der Waals surface area contributed by atoms with E-state index in [2.05, 4.69) is 38.3 Å². The third kappa shape index (κ3) is 3.23. The number of allylic oxidation sites excluding steroid dienone is 1. The summed E-state index contributed by atoms with van der Waals surface area (Å²) in [6, 6.07) is 7.80. The van der Waals surface area contributed by atoms with Gasteiger partial charge in [-0.05, 0) is 18.3 Å². The van der Waals surface area contributed by atoms with Gasteiger partial charge >= 0.3 is 0 Å². The van der Waals surface area contributed by atoms with E-state index in [0.29, 0.717) is 0 Å². The molecule has 0 amide bonds. The van der Waals surface area contributed by atoms with Crippen LogP contribution in [0.3, 0.4) is 0 Å². The van der Waals surface area contributed by atoms with Gasteiger partial charge in [0.2, 0.25) is 0 Å². The van der Waals surface area contributed by atoms with Crippen LogP contribution in [0.4, 0.5) is 5.69 Å². The molecule has 0 radical (unpaired) electrons. The van der Waals surface area contributed by atoms with Crippen LogP contribution in [0, 0.1) is 0 Å². The first kappa shape index (κ1) is 10.3. The number of rotatable bonds is 3. The van der Waals surface area contributed by atoms with Gasteiger partial charge in [-0.1, -0.05) is 46.3 Å². The van der Waals surface area contributed by atoms with Crippen molar-refractivity contribution in [1.29, 1.82) is 0 Å². The highest BCUT2D eigenvalue weighted by atomic mass is 79.9. The zero-order chi connectivity index (χ0) is 9.52. The van der Waals surface area contributed by atoms with Crippen LogP contribution in [-0.2, 0) is 0 Å². The van der Waals surface area contributed by atoms with Gasteiger partial charge in [0.1, 0.15) is 0 Å². The van der Waals surface area contributed by atoms with E-state index in [1.807, 2.05) is 36.4 Å². The molecule has 0 bridgehead atoms. The van der Waals surface area contributed by atoms with Gasteiger partial charge in [0, 0.05) is 10.9 Å². The Kier molecular flexibility index (Phi) is 4.61. The fourth-order valence-electron chi connectivity index (χ4n) is 0.951. The largest absolute Gasteiger partial charge is 0.194 e. The Labute approximate surface area is 91.3 Å². The van der Waals surface area contributed by atoms with Crippen molar-refractivity contribution in [3.63, 3.8) is 0 Å². The van der Waals surface area contributed by atoms with Crippen LogP contribution in [0.1, 0.15) is 5.56 Å². The number of aliphatic imine (C=N–C) groups is 1. The Hall–Kier alpha value is -0.760. The summed E-state index contributed by atoms with van der Waals surface area (Å²) in [4.78, 5) is 3.96. The molecular weight excluding hydrogens is 246 g/mol. The molecule has 0 aliphatic heterocycles. The zero-order valence-corrected chi connectivity index (χ0v) is 9.31. The van der Waals surface area contributed by atoms with E-state index in [0.717, 1.165) is 16.6 Å². The number of isothiocyanates is 1. The van der Waals surface area contributed by atoms with E-state index >= 15 is 0 Å². The van der Waals surface area contributed by atoms with Crippen molar-refractivity contribution in [2.75, 3.05) is 5.33 Å². The molecule has 0 aromatic heterocycles. The molecule has 0 N–H and O–H groups in total. The molecular formula is C10H8BrNS. The number of hydrogen-bond donors (Lipinski definition) is 0. The van der Waals surface area contributed by atoms with Gasteiger partial charge in [-0.15, -0.1) is 0 Å². The van der Waals surface area contributed by atoms with Crippen LogP contribution in [0.25, 0.3) is 6.08 Å². The highest BCUT2D eigenvalue weighted by molar-refractivity contribution is 9.09. The summed E-state index contributed by atoms with van der Waals surface area (Å²) < 4.78 is 0. The van der Waals surface area contributed by atoms with E-state index in [1.165, 1.54) is 0 Å². The molecule has 1 rings (SSSR count). The maximum absolute atomic E-state index is 4.56. The first-order valence-electron chi connectivity index (χ1n) is 3.78. The second-order valence-corrected chi connectivity index (χ2v) is 3.15.